The van der Waals surface area contributed by atoms with Gasteiger partial charge in [-0.3, -0.25) is 4.79 Å². The maximum atomic E-state index is 13.4. The van der Waals surface area contributed by atoms with E-state index in [1.165, 1.54) is 18.3 Å². The molecule has 2 aromatic heterocycles. The molecule has 0 aliphatic carbocycles. The number of nitrogens with zero attached hydrogens (tertiary/aromatic N) is 3. The van der Waals surface area contributed by atoms with Crippen molar-refractivity contribution in [3.63, 3.8) is 0 Å². The number of aryl methyl sites for hydroxylation is 2. The Balaban J connectivity index is 1.76. The molecule has 0 saturated carbocycles. The van der Waals surface area contributed by atoms with Crippen molar-refractivity contribution in [1.82, 2.24) is 14.5 Å². The Morgan fingerprint density at radius 2 is 1.78 bits per heavy atom. The normalized spacial score (nSPS) is 11.7. The van der Waals surface area contributed by atoms with Crippen LogP contribution < -0.4 is 10.3 Å². The molecule has 0 atom stereocenters. The largest absolute Gasteiger partial charge is 0.438 e. The molecule has 0 bridgehead atoms. The highest BCUT2D eigenvalue weighted by Crippen LogP contribution is 2.37. The zero-order chi connectivity index (χ0) is 23.0. The molecular formula is C23H17F3IN3O2. The molecule has 32 heavy (non-hydrogen) atoms. The monoisotopic (exact) mass is 551 g/mol. The molecule has 0 saturated heterocycles. The Morgan fingerprint density at radius 3 is 2.47 bits per heavy atom. The molecule has 0 aliphatic rings. The Labute approximate surface area is 195 Å². The third kappa shape index (κ3) is 4.62. The van der Waals surface area contributed by atoms with Crippen LogP contribution in [-0.2, 0) is 12.7 Å². The number of alkyl halides is 3. The molecule has 0 amide bonds. The van der Waals surface area contributed by atoms with Crippen molar-refractivity contribution in [2.45, 2.75) is 26.6 Å². The van der Waals surface area contributed by atoms with Gasteiger partial charge in [0.05, 0.1) is 10.9 Å². The number of halogens is 4. The third-order valence-corrected chi connectivity index (χ3v) is 5.53. The molecule has 4 aromatic rings. The van der Waals surface area contributed by atoms with Crippen molar-refractivity contribution >= 4 is 33.5 Å². The number of hydrogen-bond acceptors (Lipinski definition) is 4. The lowest BCUT2D eigenvalue weighted by Gasteiger charge is -2.16. The first-order chi connectivity index (χ1) is 15.1. The molecule has 0 unspecified atom stereocenters. The number of rotatable bonds is 4. The van der Waals surface area contributed by atoms with Crippen LogP contribution in [0.5, 0.6) is 11.6 Å². The topological polar surface area (TPSA) is 57.0 Å². The van der Waals surface area contributed by atoms with Gasteiger partial charge < -0.3 is 9.30 Å². The molecule has 4 rings (SSSR count). The van der Waals surface area contributed by atoms with Gasteiger partial charge in [0.2, 0.25) is 5.88 Å². The Hall–Kier alpha value is -2.95. The van der Waals surface area contributed by atoms with Gasteiger partial charge in [0.15, 0.2) is 0 Å². The SMILES string of the molecule is Cc1ccc(Cn2c(C)nc(=O)c3cc(Oc4ncc(I)cc4C(F)(F)F)ccc32)cc1. The summed E-state index contributed by atoms with van der Waals surface area (Å²) in [5.41, 5.74) is 1.32. The average molecular weight is 551 g/mol. The summed E-state index contributed by atoms with van der Waals surface area (Å²) in [6.45, 7) is 4.23. The number of fused-ring (bicyclic) bond motifs is 1. The van der Waals surface area contributed by atoms with Gasteiger partial charge in [-0.15, -0.1) is 0 Å². The number of benzene rings is 2. The molecule has 2 heterocycles. The van der Waals surface area contributed by atoms with E-state index >= 15 is 0 Å². The molecule has 9 heteroatoms. The standard InChI is InChI=1S/C23H17F3IN3O2/c1-13-3-5-15(6-4-13)12-30-14(2)29-21(31)18-10-17(7-8-20(18)30)32-22-19(23(24,25)26)9-16(27)11-28-22/h3-11H,12H2,1-2H3. The van der Waals surface area contributed by atoms with Crippen LogP contribution in [0.15, 0.2) is 59.5 Å². The third-order valence-electron chi connectivity index (χ3n) is 4.94. The van der Waals surface area contributed by atoms with Crippen LogP contribution in [0.25, 0.3) is 10.9 Å². The van der Waals surface area contributed by atoms with Gasteiger partial charge in [-0.1, -0.05) is 29.8 Å². The molecule has 0 fully saturated rings. The maximum absolute atomic E-state index is 13.4. The average Bonchev–Trinajstić information content (AvgIpc) is 2.73. The van der Waals surface area contributed by atoms with Gasteiger partial charge in [0.25, 0.3) is 5.56 Å². The fraction of sp³-hybridized carbons (Fsp3) is 0.174. The number of hydrogen-bond donors (Lipinski definition) is 0. The van der Waals surface area contributed by atoms with Crippen molar-refractivity contribution < 1.29 is 17.9 Å². The fourth-order valence-electron chi connectivity index (χ4n) is 3.33. The summed E-state index contributed by atoms with van der Waals surface area (Å²) in [5, 5.41) is 0.249. The predicted molar refractivity (Wildman–Crippen MR) is 123 cm³/mol. The molecule has 0 spiro atoms. The number of aromatic nitrogens is 3. The zero-order valence-corrected chi connectivity index (χ0v) is 19.2. The summed E-state index contributed by atoms with van der Waals surface area (Å²) in [6.07, 6.45) is -3.34. The summed E-state index contributed by atoms with van der Waals surface area (Å²) in [4.78, 5) is 20.4. The first-order valence-corrected chi connectivity index (χ1v) is 10.7. The quantitative estimate of drug-likeness (QED) is 0.298. The van der Waals surface area contributed by atoms with E-state index < -0.39 is 23.2 Å². The van der Waals surface area contributed by atoms with Crippen molar-refractivity contribution in [3.8, 4) is 11.6 Å². The minimum absolute atomic E-state index is 0.0707. The van der Waals surface area contributed by atoms with Crippen LogP contribution in [0.4, 0.5) is 13.2 Å². The minimum atomic E-state index is -4.63. The van der Waals surface area contributed by atoms with Crippen molar-refractivity contribution in [1.29, 1.82) is 0 Å². The number of ether oxygens (including phenoxy) is 1. The highest BCUT2D eigenvalue weighted by atomic mass is 127. The van der Waals surface area contributed by atoms with E-state index in [4.69, 9.17) is 4.74 Å². The molecule has 164 valence electrons. The molecule has 0 radical (unpaired) electrons. The summed E-state index contributed by atoms with van der Waals surface area (Å²) in [5.74, 6) is 0.0362. The van der Waals surface area contributed by atoms with Crippen LogP contribution in [-0.4, -0.2) is 14.5 Å². The first-order valence-electron chi connectivity index (χ1n) is 9.59. The second-order valence-corrected chi connectivity index (χ2v) is 8.57. The predicted octanol–water partition coefficient (Wildman–Crippen LogP) is 5.87. The lowest BCUT2D eigenvalue weighted by atomic mass is 10.1. The summed E-state index contributed by atoms with van der Waals surface area (Å²) in [6, 6.07) is 13.5. The number of pyridine rings is 1. The summed E-state index contributed by atoms with van der Waals surface area (Å²) < 4.78 is 47.8. The van der Waals surface area contributed by atoms with E-state index in [2.05, 4.69) is 9.97 Å². The second-order valence-electron chi connectivity index (χ2n) is 7.32. The first kappa shape index (κ1) is 22.3. The Kier molecular flexibility index (Phi) is 5.93. The van der Waals surface area contributed by atoms with Crippen molar-refractivity contribution in [2.24, 2.45) is 0 Å². The fourth-order valence-corrected chi connectivity index (χ4v) is 3.78. The molecule has 0 aliphatic heterocycles. The molecule has 0 N–H and O–H groups in total. The maximum Gasteiger partial charge on any atom is 0.421 e. The highest BCUT2D eigenvalue weighted by molar-refractivity contribution is 14.1. The summed E-state index contributed by atoms with van der Waals surface area (Å²) in [7, 11) is 0. The Bertz CT molecular complexity index is 1370. The molecule has 5 nitrogen and oxygen atoms in total. The van der Waals surface area contributed by atoms with E-state index in [1.54, 1.807) is 35.6 Å². The van der Waals surface area contributed by atoms with E-state index in [0.29, 0.717) is 21.5 Å². The minimum Gasteiger partial charge on any atom is -0.438 e. The summed E-state index contributed by atoms with van der Waals surface area (Å²) >= 11 is 1.76. The lowest BCUT2D eigenvalue weighted by molar-refractivity contribution is -0.138. The zero-order valence-electron chi connectivity index (χ0n) is 17.1. The van der Waals surface area contributed by atoms with Crippen LogP contribution in [0.3, 0.4) is 0 Å². The lowest BCUT2D eigenvalue weighted by Crippen LogP contribution is -2.17. The van der Waals surface area contributed by atoms with E-state index in [1.807, 2.05) is 35.8 Å². The van der Waals surface area contributed by atoms with Gasteiger partial charge in [-0.05, 0) is 66.3 Å². The second kappa shape index (κ2) is 8.53. The van der Waals surface area contributed by atoms with E-state index in [9.17, 15) is 18.0 Å². The van der Waals surface area contributed by atoms with Crippen molar-refractivity contribution in [2.75, 3.05) is 0 Å². The van der Waals surface area contributed by atoms with Gasteiger partial charge in [0.1, 0.15) is 17.1 Å². The van der Waals surface area contributed by atoms with Crippen LogP contribution in [0, 0.1) is 17.4 Å². The van der Waals surface area contributed by atoms with E-state index in [-0.39, 0.29) is 11.1 Å². The van der Waals surface area contributed by atoms with E-state index in [0.717, 1.165) is 17.2 Å². The smallest absolute Gasteiger partial charge is 0.421 e. The molecular weight excluding hydrogens is 534 g/mol. The van der Waals surface area contributed by atoms with Gasteiger partial charge in [-0.25, -0.2) is 4.98 Å². The molecule has 2 aromatic carbocycles. The van der Waals surface area contributed by atoms with Crippen molar-refractivity contribution in [3.05, 3.63) is 91.2 Å². The van der Waals surface area contributed by atoms with Crippen LogP contribution in [0.2, 0.25) is 0 Å². The van der Waals surface area contributed by atoms with Crippen LogP contribution >= 0.6 is 22.6 Å². The van der Waals surface area contributed by atoms with Gasteiger partial charge in [0, 0.05) is 16.3 Å². The Morgan fingerprint density at radius 1 is 1.06 bits per heavy atom. The van der Waals surface area contributed by atoms with Crippen LogP contribution in [0.1, 0.15) is 22.5 Å². The highest BCUT2D eigenvalue weighted by Gasteiger charge is 2.36. The van der Waals surface area contributed by atoms with Gasteiger partial charge in [-0.2, -0.15) is 18.2 Å². The van der Waals surface area contributed by atoms with Gasteiger partial charge >= 0.3 is 6.18 Å².